The molecule has 62 valence electrons. The number of nitrogens with zero attached hydrogens (tertiary/aromatic N) is 1. The molecule has 0 aliphatic heterocycles. The first-order valence-electron chi connectivity index (χ1n) is 3.29. The van der Waals surface area contributed by atoms with E-state index in [2.05, 4.69) is 5.32 Å². The van der Waals surface area contributed by atoms with Gasteiger partial charge in [0.25, 0.3) is 0 Å². The van der Waals surface area contributed by atoms with Crippen molar-refractivity contribution in [1.29, 1.82) is 5.26 Å². The molecule has 2 nitrogen and oxygen atoms in total. The molecule has 0 bridgehead atoms. The molecule has 0 aliphatic rings. The summed E-state index contributed by atoms with van der Waals surface area (Å²) in [6.45, 7) is 0.247. The minimum Gasteiger partial charge on any atom is -0.372 e. The van der Waals surface area contributed by atoms with Crippen LogP contribution in [0.4, 0.5) is 5.69 Å². The van der Waals surface area contributed by atoms with Crippen LogP contribution >= 0.6 is 23.2 Å². The maximum Gasteiger partial charge on any atom is 0.103 e. The quantitative estimate of drug-likeness (QED) is 0.746. The zero-order valence-electron chi connectivity index (χ0n) is 6.14. The molecular formula is C8H6Cl2N2. The van der Waals surface area contributed by atoms with Crippen LogP contribution in [0.5, 0.6) is 0 Å². The van der Waals surface area contributed by atoms with Gasteiger partial charge in [0.05, 0.1) is 6.07 Å². The Balaban J connectivity index is 2.80. The van der Waals surface area contributed by atoms with E-state index in [4.69, 9.17) is 28.5 Å². The predicted octanol–water partition coefficient (Wildman–Crippen LogP) is 2.93. The van der Waals surface area contributed by atoms with Crippen LogP contribution in [-0.2, 0) is 0 Å². The summed E-state index contributed by atoms with van der Waals surface area (Å²) in [5, 5.41) is 12.3. The van der Waals surface area contributed by atoms with Crippen molar-refractivity contribution in [3.05, 3.63) is 28.2 Å². The summed E-state index contributed by atoms with van der Waals surface area (Å²) in [5.74, 6) is 0. The van der Waals surface area contributed by atoms with Crippen molar-refractivity contribution < 1.29 is 0 Å². The number of anilines is 1. The highest BCUT2D eigenvalue weighted by molar-refractivity contribution is 6.35. The summed E-state index contributed by atoms with van der Waals surface area (Å²) in [6, 6.07) is 7.02. The number of halogens is 2. The summed E-state index contributed by atoms with van der Waals surface area (Å²) in [5.41, 5.74) is 0.758. The SMILES string of the molecule is N#CCNc1cc(Cl)cc(Cl)c1. The van der Waals surface area contributed by atoms with E-state index in [9.17, 15) is 0 Å². The lowest BCUT2D eigenvalue weighted by Gasteiger charge is -2.02. The number of rotatable bonds is 2. The summed E-state index contributed by atoms with van der Waals surface area (Å²) < 4.78 is 0. The predicted molar refractivity (Wildman–Crippen MR) is 50.6 cm³/mol. The van der Waals surface area contributed by atoms with Crippen molar-refractivity contribution in [3.63, 3.8) is 0 Å². The molecule has 0 radical (unpaired) electrons. The molecule has 0 aliphatic carbocycles. The van der Waals surface area contributed by atoms with Crippen LogP contribution in [0, 0.1) is 11.3 Å². The van der Waals surface area contributed by atoms with E-state index in [1.165, 1.54) is 0 Å². The van der Waals surface area contributed by atoms with Gasteiger partial charge in [-0.1, -0.05) is 23.2 Å². The van der Waals surface area contributed by atoms with Gasteiger partial charge in [-0.15, -0.1) is 0 Å². The second kappa shape index (κ2) is 4.20. The molecule has 0 saturated carbocycles. The van der Waals surface area contributed by atoms with Crippen molar-refractivity contribution in [3.8, 4) is 6.07 Å². The Labute approximate surface area is 80.7 Å². The second-order valence-electron chi connectivity index (χ2n) is 2.17. The van der Waals surface area contributed by atoms with Crippen LogP contribution in [-0.4, -0.2) is 6.54 Å². The first kappa shape index (κ1) is 9.18. The van der Waals surface area contributed by atoms with Gasteiger partial charge >= 0.3 is 0 Å². The Morgan fingerprint density at radius 3 is 2.33 bits per heavy atom. The lowest BCUT2D eigenvalue weighted by Crippen LogP contribution is -1.97. The van der Waals surface area contributed by atoms with Crippen molar-refractivity contribution in [2.24, 2.45) is 0 Å². The molecule has 0 saturated heterocycles. The number of hydrogen-bond donors (Lipinski definition) is 1. The fraction of sp³-hybridized carbons (Fsp3) is 0.125. The molecule has 0 heterocycles. The number of benzene rings is 1. The van der Waals surface area contributed by atoms with Gasteiger partial charge in [0.15, 0.2) is 0 Å². The lowest BCUT2D eigenvalue weighted by atomic mass is 10.3. The smallest absolute Gasteiger partial charge is 0.103 e. The summed E-state index contributed by atoms with van der Waals surface area (Å²) >= 11 is 11.4. The molecule has 0 fully saturated rings. The highest BCUT2D eigenvalue weighted by Gasteiger charge is 1.95. The van der Waals surface area contributed by atoms with E-state index in [1.807, 2.05) is 6.07 Å². The zero-order chi connectivity index (χ0) is 8.97. The largest absolute Gasteiger partial charge is 0.372 e. The average molecular weight is 201 g/mol. The van der Waals surface area contributed by atoms with Crippen LogP contribution in [0.25, 0.3) is 0 Å². The third-order valence-electron chi connectivity index (χ3n) is 1.23. The minimum absolute atomic E-state index is 0.247. The molecule has 0 spiro atoms. The second-order valence-corrected chi connectivity index (χ2v) is 3.04. The van der Waals surface area contributed by atoms with E-state index < -0.39 is 0 Å². The van der Waals surface area contributed by atoms with Gasteiger partial charge in [0.2, 0.25) is 0 Å². The highest BCUT2D eigenvalue weighted by atomic mass is 35.5. The van der Waals surface area contributed by atoms with Gasteiger partial charge in [-0.3, -0.25) is 0 Å². The van der Waals surface area contributed by atoms with Crippen molar-refractivity contribution in [2.45, 2.75) is 0 Å². The van der Waals surface area contributed by atoms with E-state index >= 15 is 0 Å². The lowest BCUT2D eigenvalue weighted by molar-refractivity contribution is 1.32. The molecule has 0 amide bonds. The fourth-order valence-corrected chi connectivity index (χ4v) is 1.32. The number of nitriles is 1. The maximum atomic E-state index is 8.29. The first-order chi connectivity index (χ1) is 5.72. The van der Waals surface area contributed by atoms with Crippen LogP contribution in [0.2, 0.25) is 10.0 Å². The molecule has 0 atom stereocenters. The normalized spacial score (nSPS) is 9.08. The molecule has 0 aromatic heterocycles. The van der Waals surface area contributed by atoms with Gasteiger partial charge in [-0.2, -0.15) is 5.26 Å². The van der Waals surface area contributed by atoms with E-state index in [-0.39, 0.29) is 6.54 Å². The van der Waals surface area contributed by atoms with Crippen molar-refractivity contribution in [2.75, 3.05) is 11.9 Å². The number of nitrogens with one attached hydrogen (secondary N) is 1. The van der Waals surface area contributed by atoms with Gasteiger partial charge in [-0.25, -0.2) is 0 Å². The first-order valence-corrected chi connectivity index (χ1v) is 4.05. The van der Waals surface area contributed by atoms with E-state index in [1.54, 1.807) is 18.2 Å². The Morgan fingerprint density at radius 2 is 1.83 bits per heavy atom. The van der Waals surface area contributed by atoms with Crippen LogP contribution in [0.1, 0.15) is 0 Å². The minimum atomic E-state index is 0.247. The van der Waals surface area contributed by atoms with Crippen molar-refractivity contribution >= 4 is 28.9 Å². The van der Waals surface area contributed by atoms with Crippen molar-refractivity contribution in [1.82, 2.24) is 0 Å². The van der Waals surface area contributed by atoms with Crippen LogP contribution in [0.3, 0.4) is 0 Å². The summed E-state index contributed by atoms with van der Waals surface area (Å²) in [7, 11) is 0. The molecule has 1 N–H and O–H groups in total. The molecule has 4 heteroatoms. The van der Waals surface area contributed by atoms with Crippen LogP contribution < -0.4 is 5.32 Å². The molecular weight excluding hydrogens is 195 g/mol. The van der Waals surface area contributed by atoms with Gasteiger partial charge in [-0.05, 0) is 18.2 Å². The standard InChI is InChI=1S/C8H6Cl2N2/c9-6-3-7(10)5-8(4-6)12-2-1-11/h3-5,12H,2H2. The number of hydrogen-bond acceptors (Lipinski definition) is 2. The topological polar surface area (TPSA) is 35.8 Å². The molecule has 0 unspecified atom stereocenters. The fourth-order valence-electron chi connectivity index (χ4n) is 0.797. The molecule has 1 aromatic rings. The van der Waals surface area contributed by atoms with Gasteiger partial charge < -0.3 is 5.32 Å². The molecule has 1 rings (SSSR count). The van der Waals surface area contributed by atoms with Gasteiger partial charge in [0.1, 0.15) is 6.54 Å². The van der Waals surface area contributed by atoms with Crippen LogP contribution in [0.15, 0.2) is 18.2 Å². The zero-order valence-corrected chi connectivity index (χ0v) is 7.65. The van der Waals surface area contributed by atoms with Gasteiger partial charge in [0, 0.05) is 15.7 Å². The van der Waals surface area contributed by atoms with E-state index in [0.29, 0.717) is 10.0 Å². The third-order valence-corrected chi connectivity index (χ3v) is 1.67. The summed E-state index contributed by atoms with van der Waals surface area (Å²) in [4.78, 5) is 0. The Bertz CT molecular complexity index is 297. The molecule has 12 heavy (non-hydrogen) atoms. The molecule has 1 aromatic carbocycles. The average Bonchev–Trinajstić information content (AvgIpc) is 1.99. The third kappa shape index (κ3) is 2.61. The Morgan fingerprint density at radius 1 is 1.25 bits per heavy atom. The monoisotopic (exact) mass is 200 g/mol. The maximum absolute atomic E-state index is 8.29. The Kier molecular flexibility index (Phi) is 3.21. The Hall–Kier alpha value is -0.910. The highest BCUT2D eigenvalue weighted by Crippen LogP contribution is 2.21. The van der Waals surface area contributed by atoms with E-state index in [0.717, 1.165) is 5.69 Å². The summed E-state index contributed by atoms with van der Waals surface area (Å²) in [6.07, 6.45) is 0.